The lowest BCUT2D eigenvalue weighted by Crippen LogP contribution is -2.34. The van der Waals surface area contributed by atoms with Crippen LogP contribution in [-0.2, 0) is 9.84 Å². The number of sulfone groups is 1. The Morgan fingerprint density at radius 2 is 1.92 bits per heavy atom. The molecule has 0 fully saturated rings. The molecule has 1 aromatic heterocycles. The van der Waals surface area contributed by atoms with Crippen molar-refractivity contribution in [2.45, 2.75) is 37.2 Å². The average molecular weight is 384 g/mol. The highest BCUT2D eigenvalue weighted by molar-refractivity contribution is 7.90. The summed E-state index contributed by atoms with van der Waals surface area (Å²) in [4.78, 5) is 4.24. The van der Waals surface area contributed by atoms with Gasteiger partial charge in [0.15, 0.2) is 9.84 Å². The predicted molar refractivity (Wildman–Crippen MR) is 98.8 cm³/mol. The number of benzene rings is 1. The number of rotatable bonds is 7. The van der Waals surface area contributed by atoms with E-state index in [0.717, 1.165) is 6.26 Å². The molecule has 25 heavy (non-hydrogen) atoms. The zero-order chi connectivity index (χ0) is 18.7. The van der Waals surface area contributed by atoms with Crippen LogP contribution in [0.2, 0.25) is 5.02 Å². The van der Waals surface area contributed by atoms with E-state index in [4.69, 9.17) is 16.3 Å². The predicted octanol–water partition coefficient (Wildman–Crippen LogP) is 3.74. The van der Waals surface area contributed by atoms with Gasteiger partial charge in [-0.25, -0.2) is 8.42 Å². The summed E-state index contributed by atoms with van der Waals surface area (Å²) in [7, 11) is -3.59. The van der Waals surface area contributed by atoms with Crippen molar-refractivity contribution in [3.8, 4) is 17.0 Å². The molecule has 1 aromatic carbocycles. The number of ether oxygens (including phenoxy) is 1. The third kappa shape index (κ3) is 4.71. The van der Waals surface area contributed by atoms with Crippen LogP contribution in [0.1, 0.15) is 26.7 Å². The third-order valence-electron chi connectivity index (χ3n) is 4.16. The van der Waals surface area contributed by atoms with Crippen molar-refractivity contribution in [2.24, 2.45) is 0 Å². The zero-order valence-corrected chi connectivity index (χ0v) is 16.1. The first-order valence-corrected chi connectivity index (χ1v) is 10.3. The van der Waals surface area contributed by atoms with Crippen LogP contribution in [0.3, 0.4) is 0 Å². The summed E-state index contributed by atoms with van der Waals surface area (Å²) in [6.07, 6.45) is 3.68. The molecule has 0 aliphatic heterocycles. The Kier molecular flexibility index (Phi) is 6.08. The molecule has 0 atom stereocenters. The van der Waals surface area contributed by atoms with Crippen molar-refractivity contribution in [2.75, 3.05) is 12.9 Å². The standard InChI is InChI=1S/C18H22ClNO4S/c1-4-18(21,5-2)12-24-17-14(15-8-6-7-9-20-15)10-13(19)11-16(17)25(3,22)23/h6-11,21H,4-5,12H2,1-3H3. The molecule has 1 N–H and O–H groups in total. The highest BCUT2D eigenvalue weighted by Crippen LogP contribution is 2.38. The van der Waals surface area contributed by atoms with Gasteiger partial charge in [-0.1, -0.05) is 31.5 Å². The van der Waals surface area contributed by atoms with Gasteiger partial charge in [-0.05, 0) is 37.1 Å². The molecule has 2 rings (SSSR count). The highest BCUT2D eigenvalue weighted by atomic mass is 35.5. The SMILES string of the molecule is CCC(O)(CC)COc1c(-c2ccccn2)cc(Cl)cc1S(C)(=O)=O. The summed E-state index contributed by atoms with van der Waals surface area (Å²) in [6.45, 7) is 3.68. The minimum atomic E-state index is -3.59. The minimum absolute atomic E-state index is 0.0183. The van der Waals surface area contributed by atoms with Crippen LogP contribution in [0.25, 0.3) is 11.3 Å². The van der Waals surface area contributed by atoms with Crippen molar-refractivity contribution >= 4 is 21.4 Å². The number of pyridine rings is 1. The first-order chi connectivity index (χ1) is 11.7. The molecular formula is C18H22ClNO4S. The van der Waals surface area contributed by atoms with Crippen LogP contribution in [0, 0.1) is 0 Å². The Labute approximate surface area is 153 Å². The molecule has 0 saturated heterocycles. The first kappa shape index (κ1) is 19.7. The number of halogens is 1. The molecular weight excluding hydrogens is 362 g/mol. The molecule has 0 aliphatic carbocycles. The summed E-state index contributed by atoms with van der Waals surface area (Å²) in [5.74, 6) is 0.158. The number of aromatic nitrogens is 1. The third-order valence-corrected chi connectivity index (χ3v) is 5.48. The van der Waals surface area contributed by atoms with Crippen molar-refractivity contribution < 1.29 is 18.3 Å². The van der Waals surface area contributed by atoms with Crippen LogP contribution in [0.5, 0.6) is 5.75 Å². The van der Waals surface area contributed by atoms with E-state index in [9.17, 15) is 13.5 Å². The van der Waals surface area contributed by atoms with E-state index in [1.54, 1.807) is 30.5 Å². The van der Waals surface area contributed by atoms with Crippen molar-refractivity contribution in [3.63, 3.8) is 0 Å². The van der Waals surface area contributed by atoms with E-state index in [1.807, 2.05) is 13.8 Å². The average Bonchev–Trinajstić information content (AvgIpc) is 2.59. The summed E-state index contributed by atoms with van der Waals surface area (Å²) < 4.78 is 30.3. The Hall–Kier alpha value is -1.63. The van der Waals surface area contributed by atoms with E-state index >= 15 is 0 Å². The molecule has 5 nitrogen and oxygen atoms in total. The molecule has 136 valence electrons. The lowest BCUT2D eigenvalue weighted by Gasteiger charge is -2.26. The highest BCUT2D eigenvalue weighted by Gasteiger charge is 2.27. The van der Waals surface area contributed by atoms with E-state index in [-0.39, 0.29) is 22.3 Å². The Balaban J connectivity index is 2.61. The van der Waals surface area contributed by atoms with Crippen LogP contribution < -0.4 is 4.74 Å². The van der Waals surface area contributed by atoms with E-state index in [1.165, 1.54) is 6.07 Å². The topological polar surface area (TPSA) is 76.5 Å². The molecule has 0 radical (unpaired) electrons. The maximum atomic E-state index is 12.2. The van der Waals surface area contributed by atoms with E-state index in [0.29, 0.717) is 24.1 Å². The molecule has 0 aliphatic rings. The molecule has 0 saturated carbocycles. The van der Waals surface area contributed by atoms with Gasteiger partial charge in [0, 0.05) is 23.0 Å². The lowest BCUT2D eigenvalue weighted by atomic mass is 9.99. The summed E-state index contributed by atoms with van der Waals surface area (Å²) in [5, 5.41) is 10.8. The first-order valence-electron chi connectivity index (χ1n) is 8.00. The molecule has 0 unspecified atom stereocenters. The largest absolute Gasteiger partial charge is 0.489 e. The molecule has 0 amide bonds. The van der Waals surface area contributed by atoms with Crippen molar-refractivity contribution in [3.05, 3.63) is 41.6 Å². The smallest absolute Gasteiger partial charge is 0.179 e. The Morgan fingerprint density at radius 1 is 1.24 bits per heavy atom. The lowest BCUT2D eigenvalue weighted by molar-refractivity contribution is -0.0119. The van der Waals surface area contributed by atoms with Gasteiger partial charge >= 0.3 is 0 Å². The van der Waals surface area contributed by atoms with Gasteiger partial charge in [-0.2, -0.15) is 0 Å². The van der Waals surface area contributed by atoms with Gasteiger partial charge in [0.25, 0.3) is 0 Å². The van der Waals surface area contributed by atoms with Crippen molar-refractivity contribution in [1.29, 1.82) is 0 Å². The maximum Gasteiger partial charge on any atom is 0.179 e. The minimum Gasteiger partial charge on any atom is -0.489 e. The second kappa shape index (κ2) is 7.72. The monoisotopic (exact) mass is 383 g/mol. The zero-order valence-electron chi connectivity index (χ0n) is 14.5. The molecule has 2 aromatic rings. The van der Waals surface area contributed by atoms with Crippen LogP contribution in [-0.4, -0.2) is 37.0 Å². The summed E-state index contributed by atoms with van der Waals surface area (Å²) in [5.41, 5.74) is -0.0139. The summed E-state index contributed by atoms with van der Waals surface area (Å²) in [6, 6.07) is 8.28. The Bertz CT molecular complexity index is 834. The molecule has 1 heterocycles. The van der Waals surface area contributed by atoms with Gasteiger partial charge < -0.3 is 9.84 Å². The second-order valence-electron chi connectivity index (χ2n) is 5.99. The number of nitrogens with zero attached hydrogens (tertiary/aromatic N) is 1. The quantitative estimate of drug-likeness (QED) is 0.788. The fourth-order valence-corrected chi connectivity index (χ4v) is 3.50. The number of aliphatic hydroxyl groups is 1. The molecule has 7 heteroatoms. The normalized spacial score (nSPS) is 12.2. The van der Waals surface area contributed by atoms with Gasteiger partial charge in [0.2, 0.25) is 0 Å². The fraction of sp³-hybridized carbons (Fsp3) is 0.389. The van der Waals surface area contributed by atoms with Crippen LogP contribution >= 0.6 is 11.6 Å². The van der Waals surface area contributed by atoms with E-state index < -0.39 is 15.4 Å². The number of hydrogen-bond acceptors (Lipinski definition) is 5. The van der Waals surface area contributed by atoms with Crippen LogP contribution in [0.15, 0.2) is 41.4 Å². The Morgan fingerprint density at radius 3 is 2.44 bits per heavy atom. The fourth-order valence-electron chi connectivity index (χ4n) is 2.37. The summed E-state index contributed by atoms with van der Waals surface area (Å²) >= 11 is 6.13. The van der Waals surface area contributed by atoms with Crippen molar-refractivity contribution in [1.82, 2.24) is 4.98 Å². The number of hydrogen-bond donors (Lipinski definition) is 1. The maximum absolute atomic E-state index is 12.2. The van der Waals surface area contributed by atoms with E-state index in [2.05, 4.69) is 4.98 Å². The van der Waals surface area contributed by atoms with Gasteiger partial charge in [-0.15, -0.1) is 0 Å². The van der Waals surface area contributed by atoms with Gasteiger partial charge in [0.05, 0.1) is 11.3 Å². The second-order valence-corrected chi connectivity index (χ2v) is 8.41. The van der Waals surface area contributed by atoms with Gasteiger partial charge in [0.1, 0.15) is 17.3 Å². The molecule has 0 spiro atoms. The molecule has 0 bridgehead atoms. The van der Waals surface area contributed by atoms with Crippen LogP contribution in [0.4, 0.5) is 0 Å². The van der Waals surface area contributed by atoms with Gasteiger partial charge in [-0.3, -0.25) is 4.98 Å².